The van der Waals surface area contributed by atoms with Gasteiger partial charge < -0.3 is 23.7 Å². The molecule has 0 atom stereocenters. The number of carbonyl (C=O) groups is 1. The summed E-state index contributed by atoms with van der Waals surface area (Å²) in [5.74, 6) is 0.423. The summed E-state index contributed by atoms with van der Waals surface area (Å²) in [7, 11) is 1.50. The van der Waals surface area contributed by atoms with Crippen LogP contribution < -0.4 is 19.7 Å². The van der Waals surface area contributed by atoms with Crippen LogP contribution in [0.1, 0.15) is 6.92 Å². The second-order valence-corrected chi connectivity index (χ2v) is 7.18. The van der Waals surface area contributed by atoms with E-state index in [1.165, 1.54) is 25.3 Å². The minimum Gasteiger partial charge on any atom is -0.497 e. The van der Waals surface area contributed by atoms with Gasteiger partial charge in [0.2, 0.25) is 5.71 Å². The Kier molecular flexibility index (Phi) is 5.99. The number of ether oxygens (including phenoxy) is 2. The molecule has 9 nitrogen and oxygen atoms in total. The fourth-order valence-corrected chi connectivity index (χ4v) is 3.51. The van der Waals surface area contributed by atoms with Gasteiger partial charge in [0.25, 0.3) is 5.88 Å². The van der Waals surface area contributed by atoms with Gasteiger partial charge in [-0.25, -0.2) is 14.2 Å². The molecule has 3 heterocycles. The van der Waals surface area contributed by atoms with E-state index >= 15 is 0 Å². The van der Waals surface area contributed by atoms with Gasteiger partial charge in [0.1, 0.15) is 17.1 Å². The minimum atomic E-state index is -0.369. The van der Waals surface area contributed by atoms with E-state index in [9.17, 15) is 9.18 Å². The first-order valence-electron chi connectivity index (χ1n) is 9.72. The van der Waals surface area contributed by atoms with Gasteiger partial charge in [0, 0.05) is 50.1 Å². The lowest BCUT2D eigenvalue weighted by molar-refractivity contribution is 0.208. The highest BCUT2D eigenvalue weighted by atomic mass is 35.5. The van der Waals surface area contributed by atoms with Gasteiger partial charge in [-0.1, -0.05) is 0 Å². The first-order chi connectivity index (χ1) is 15.0. The number of carbonyl (C=O) groups excluding carboxylic acids is 1. The number of fused-ring (bicyclic) bond motifs is 1. The van der Waals surface area contributed by atoms with E-state index in [0.717, 1.165) is 0 Å². The van der Waals surface area contributed by atoms with Crippen molar-refractivity contribution in [3.63, 3.8) is 0 Å². The Morgan fingerprint density at radius 2 is 2.00 bits per heavy atom. The summed E-state index contributed by atoms with van der Waals surface area (Å²) >= 11 is 5.87. The molecule has 0 bridgehead atoms. The number of urea groups is 1. The first-order valence-corrected chi connectivity index (χ1v) is 10.1. The van der Waals surface area contributed by atoms with Crippen LogP contribution in [0.25, 0.3) is 11.2 Å². The minimum absolute atomic E-state index is 0.144. The largest absolute Gasteiger partial charge is 0.497 e. The van der Waals surface area contributed by atoms with Crippen LogP contribution in [0.15, 0.2) is 28.7 Å². The van der Waals surface area contributed by atoms with E-state index in [2.05, 4.69) is 15.3 Å². The van der Waals surface area contributed by atoms with Crippen molar-refractivity contribution in [3.8, 4) is 11.6 Å². The summed E-state index contributed by atoms with van der Waals surface area (Å²) in [5.41, 5.74) is 1.35. The lowest BCUT2D eigenvalue weighted by Crippen LogP contribution is -2.50. The summed E-state index contributed by atoms with van der Waals surface area (Å²) < 4.78 is 29.7. The third-order valence-corrected chi connectivity index (χ3v) is 5.02. The van der Waals surface area contributed by atoms with E-state index in [-0.39, 0.29) is 34.5 Å². The first kappa shape index (κ1) is 21.0. The summed E-state index contributed by atoms with van der Waals surface area (Å²) in [6.07, 6.45) is 0. The van der Waals surface area contributed by atoms with Crippen molar-refractivity contribution < 1.29 is 23.1 Å². The smallest absolute Gasteiger partial charge is 0.323 e. The number of halogens is 2. The molecule has 164 valence electrons. The Hall–Kier alpha value is -3.27. The molecule has 31 heavy (non-hydrogen) atoms. The standard InChI is InChI=1S/C20H21ClFN5O4/c1-3-30-19-17(23-15-11-16(21)31-18(15)25-19)24-20(28)27-6-4-26(5-7-27)13-8-12(22)9-14(10-13)29-2/h8-11H,3-7H2,1-2H3,(H,23,24,28). The molecule has 1 saturated heterocycles. The number of methoxy groups -OCH3 is 1. The van der Waals surface area contributed by atoms with Crippen LogP contribution >= 0.6 is 11.6 Å². The van der Waals surface area contributed by atoms with Crippen LogP contribution in [0.2, 0.25) is 5.22 Å². The molecule has 0 aliphatic carbocycles. The molecule has 1 aromatic carbocycles. The van der Waals surface area contributed by atoms with E-state index < -0.39 is 0 Å². The topological polar surface area (TPSA) is 93.0 Å². The zero-order valence-corrected chi connectivity index (χ0v) is 17.8. The molecule has 0 saturated carbocycles. The fourth-order valence-electron chi connectivity index (χ4n) is 3.33. The van der Waals surface area contributed by atoms with Crippen molar-refractivity contribution >= 4 is 40.4 Å². The number of furan rings is 1. The van der Waals surface area contributed by atoms with Gasteiger partial charge in [-0.3, -0.25) is 5.32 Å². The lowest BCUT2D eigenvalue weighted by atomic mass is 10.2. The summed E-state index contributed by atoms with van der Waals surface area (Å²) in [4.78, 5) is 25.0. The van der Waals surface area contributed by atoms with Crippen LogP contribution in [0.3, 0.4) is 0 Å². The number of hydrogen-bond donors (Lipinski definition) is 1. The van der Waals surface area contributed by atoms with Crippen molar-refractivity contribution in [2.75, 3.05) is 50.1 Å². The lowest BCUT2D eigenvalue weighted by Gasteiger charge is -2.36. The van der Waals surface area contributed by atoms with Crippen molar-refractivity contribution in [2.45, 2.75) is 6.92 Å². The molecular formula is C20H21ClFN5O4. The molecule has 1 fully saturated rings. The summed E-state index contributed by atoms with van der Waals surface area (Å²) in [6.45, 7) is 4.12. The predicted octanol–water partition coefficient (Wildman–Crippen LogP) is 3.78. The van der Waals surface area contributed by atoms with Gasteiger partial charge in [-0.15, -0.1) is 0 Å². The number of nitrogens with zero attached hydrogens (tertiary/aromatic N) is 4. The number of nitrogens with one attached hydrogen (secondary N) is 1. The second kappa shape index (κ2) is 8.84. The van der Waals surface area contributed by atoms with Crippen molar-refractivity contribution in [3.05, 3.63) is 35.3 Å². The molecule has 2 amide bonds. The number of rotatable bonds is 5. The third-order valence-electron chi connectivity index (χ3n) is 4.83. The van der Waals surface area contributed by atoms with E-state index in [4.69, 9.17) is 25.5 Å². The Bertz CT molecular complexity index is 1100. The molecule has 11 heteroatoms. The van der Waals surface area contributed by atoms with Crippen molar-refractivity contribution in [1.82, 2.24) is 14.9 Å². The predicted molar refractivity (Wildman–Crippen MR) is 114 cm³/mol. The molecular weight excluding hydrogens is 429 g/mol. The molecule has 1 N–H and O–H groups in total. The molecule has 0 spiro atoms. The average molecular weight is 450 g/mol. The third kappa shape index (κ3) is 4.58. The molecule has 1 aliphatic heterocycles. The Morgan fingerprint density at radius 1 is 1.23 bits per heavy atom. The maximum atomic E-state index is 13.8. The number of piperazine rings is 1. The highest BCUT2D eigenvalue weighted by Gasteiger charge is 2.24. The summed E-state index contributed by atoms with van der Waals surface area (Å²) in [5, 5.41) is 2.90. The van der Waals surface area contributed by atoms with Crippen LogP contribution in [0, 0.1) is 5.82 Å². The normalized spacial score (nSPS) is 14.1. The number of aromatic nitrogens is 2. The monoisotopic (exact) mass is 449 g/mol. The van der Waals surface area contributed by atoms with E-state index in [1.54, 1.807) is 17.9 Å². The van der Waals surface area contributed by atoms with E-state index in [0.29, 0.717) is 49.7 Å². The zero-order valence-electron chi connectivity index (χ0n) is 17.0. The van der Waals surface area contributed by atoms with Gasteiger partial charge in [-0.05, 0) is 24.6 Å². The SMILES string of the molecule is CCOc1nc2oc(Cl)cc2nc1NC(=O)N1CCN(c2cc(F)cc(OC)c2)CC1. The molecule has 2 aromatic heterocycles. The van der Waals surface area contributed by atoms with Gasteiger partial charge in [0.15, 0.2) is 11.0 Å². The highest BCUT2D eigenvalue weighted by Crippen LogP contribution is 2.28. The fraction of sp³-hybridized carbons (Fsp3) is 0.350. The molecule has 3 aromatic rings. The molecule has 4 rings (SSSR count). The zero-order chi connectivity index (χ0) is 22.0. The van der Waals surface area contributed by atoms with E-state index in [1.807, 2.05) is 4.90 Å². The summed E-state index contributed by atoms with van der Waals surface area (Å²) in [6, 6.07) is 5.73. The second-order valence-electron chi connectivity index (χ2n) is 6.80. The molecule has 1 aliphatic rings. The maximum Gasteiger partial charge on any atom is 0.323 e. The van der Waals surface area contributed by atoms with Crippen LogP contribution in [-0.4, -0.2) is 60.8 Å². The van der Waals surface area contributed by atoms with Gasteiger partial charge in [-0.2, -0.15) is 4.98 Å². The number of amides is 2. The highest BCUT2D eigenvalue weighted by molar-refractivity contribution is 6.29. The maximum absolute atomic E-state index is 13.8. The molecule has 0 unspecified atom stereocenters. The Morgan fingerprint density at radius 3 is 2.71 bits per heavy atom. The average Bonchev–Trinajstić information content (AvgIpc) is 3.12. The number of anilines is 2. The Labute approximate surface area is 182 Å². The van der Waals surface area contributed by atoms with Gasteiger partial charge in [0.05, 0.1) is 13.7 Å². The van der Waals surface area contributed by atoms with Crippen molar-refractivity contribution in [2.24, 2.45) is 0 Å². The van der Waals surface area contributed by atoms with Gasteiger partial charge >= 0.3 is 6.03 Å². The van der Waals surface area contributed by atoms with Crippen LogP contribution in [0.5, 0.6) is 11.6 Å². The molecule has 0 radical (unpaired) electrons. The van der Waals surface area contributed by atoms with Crippen LogP contribution in [0.4, 0.5) is 20.7 Å². The number of hydrogen-bond acceptors (Lipinski definition) is 7. The number of benzene rings is 1. The Balaban J connectivity index is 1.44. The quantitative estimate of drug-likeness (QED) is 0.633. The van der Waals surface area contributed by atoms with Crippen molar-refractivity contribution in [1.29, 1.82) is 0 Å². The van der Waals surface area contributed by atoms with Crippen LogP contribution in [-0.2, 0) is 0 Å².